The Morgan fingerprint density at radius 3 is 2.70 bits per heavy atom. The van der Waals surface area contributed by atoms with Crippen LogP contribution in [-0.2, 0) is 0 Å². The molecule has 0 rings (SSSR count). The van der Waals surface area contributed by atoms with Gasteiger partial charge in [-0.2, -0.15) is 0 Å². The van der Waals surface area contributed by atoms with Gasteiger partial charge in [-0.1, -0.05) is 13.0 Å². The quantitative estimate of drug-likeness (QED) is 0.463. The van der Waals surface area contributed by atoms with Crippen LogP contribution in [0.1, 0.15) is 20.3 Å². The van der Waals surface area contributed by atoms with E-state index in [1.165, 1.54) is 0 Å². The molecule has 0 unspecified atom stereocenters. The lowest BCUT2D eigenvalue weighted by Crippen LogP contribution is -2.13. The Labute approximate surface area is 62.8 Å². The van der Waals surface area contributed by atoms with Crippen molar-refractivity contribution in [1.82, 2.24) is 0 Å². The molecule has 1 heteroatoms. The number of aliphatic hydroxyl groups excluding tert-OH is 1. The highest BCUT2D eigenvalue weighted by Gasteiger charge is 2.07. The van der Waals surface area contributed by atoms with Crippen LogP contribution in [0.3, 0.4) is 0 Å². The number of rotatable bonds is 3. The summed E-state index contributed by atoms with van der Waals surface area (Å²) >= 11 is 0. The minimum absolute atomic E-state index is 0.199. The maximum Gasteiger partial charge on any atom is 0.0752 e. The van der Waals surface area contributed by atoms with Crippen molar-refractivity contribution in [2.45, 2.75) is 26.4 Å². The van der Waals surface area contributed by atoms with Gasteiger partial charge in [-0.05, 0) is 12.8 Å². The van der Waals surface area contributed by atoms with Crippen molar-refractivity contribution in [2.24, 2.45) is 5.92 Å². The zero-order chi connectivity index (χ0) is 7.98. The molecule has 0 saturated heterocycles. The molecule has 0 bridgehead atoms. The number of aliphatic hydroxyl groups is 1. The van der Waals surface area contributed by atoms with E-state index in [-0.39, 0.29) is 5.92 Å². The monoisotopic (exact) mass is 138 g/mol. The van der Waals surface area contributed by atoms with Gasteiger partial charge in [0.2, 0.25) is 0 Å². The van der Waals surface area contributed by atoms with Crippen LogP contribution in [0.25, 0.3) is 0 Å². The molecule has 0 aromatic heterocycles. The molecule has 2 atom stereocenters. The van der Waals surface area contributed by atoms with Gasteiger partial charge in [-0.3, -0.25) is 0 Å². The van der Waals surface area contributed by atoms with Crippen LogP contribution in [0.4, 0.5) is 0 Å². The van der Waals surface area contributed by atoms with Gasteiger partial charge in [0.05, 0.1) is 6.10 Å². The van der Waals surface area contributed by atoms with Crippen LogP contribution >= 0.6 is 0 Å². The average Bonchev–Trinajstić information content (AvgIpc) is 1.98. The van der Waals surface area contributed by atoms with E-state index in [0.29, 0.717) is 0 Å². The standard InChI is InChI=1S/C9H14O/c1-4-6-7-8(3)9(10)5-2/h5,8-10H,2,7H2,1,3H3/t8-,9+/m0/s1. The van der Waals surface area contributed by atoms with Crippen molar-refractivity contribution in [1.29, 1.82) is 0 Å². The summed E-state index contributed by atoms with van der Waals surface area (Å²) in [5, 5.41) is 9.17. The van der Waals surface area contributed by atoms with Crippen LogP contribution in [0.15, 0.2) is 12.7 Å². The third-order valence-electron chi connectivity index (χ3n) is 1.43. The lowest BCUT2D eigenvalue weighted by molar-refractivity contribution is 0.165. The van der Waals surface area contributed by atoms with Gasteiger partial charge in [-0.25, -0.2) is 0 Å². The van der Waals surface area contributed by atoms with Gasteiger partial charge in [-0.15, -0.1) is 18.4 Å². The summed E-state index contributed by atoms with van der Waals surface area (Å²) in [6.45, 7) is 7.25. The van der Waals surface area contributed by atoms with Crippen molar-refractivity contribution in [3.8, 4) is 11.8 Å². The minimum Gasteiger partial charge on any atom is -0.389 e. The van der Waals surface area contributed by atoms with Gasteiger partial charge in [0.25, 0.3) is 0 Å². The summed E-state index contributed by atoms with van der Waals surface area (Å²) in [4.78, 5) is 0. The fourth-order valence-corrected chi connectivity index (χ4v) is 0.616. The molecular weight excluding hydrogens is 124 g/mol. The molecule has 1 nitrogen and oxygen atoms in total. The first kappa shape index (κ1) is 9.26. The van der Waals surface area contributed by atoms with E-state index in [0.717, 1.165) is 6.42 Å². The molecule has 56 valence electrons. The van der Waals surface area contributed by atoms with E-state index in [1.54, 1.807) is 13.0 Å². The second-order valence-electron chi connectivity index (χ2n) is 2.33. The lowest BCUT2D eigenvalue weighted by atomic mass is 10.0. The second kappa shape index (κ2) is 5.08. The Morgan fingerprint density at radius 1 is 1.70 bits per heavy atom. The molecule has 0 saturated carbocycles. The summed E-state index contributed by atoms with van der Waals surface area (Å²) in [5.41, 5.74) is 0. The van der Waals surface area contributed by atoms with Crippen molar-refractivity contribution in [2.75, 3.05) is 0 Å². The van der Waals surface area contributed by atoms with Gasteiger partial charge in [0.1, 0.15) is 0 Å². The molecule has 0 amide bonds. The fourth-order valence-electron chi connectivity index (χ4n) is 0.616. The smallest absolute Gasteiger partial charge is 0.0752 e. The van der Waals surface area contributed by atoms with Gasteiger partial charge >= 0.3 is 0 Å². The summed E-state index contributed by atoms with van der Waals surface area (Å²) < 4.78 is 0. The molecule has 0 aromatic carbocycles. The van der Waals surface area contributed by atoms with E-state index >= 15 is 0 Å². The molecule has 0 aliphatic carbocycles. The Hall–Kier alpha value is -0.740. The van der Waals surface area contributed by atoms with Crippen molar-refractivity contribution < 1.29 is 5.11 Å². The highest BCUT2D eigenvalue weighted by Crippen LogP contribution is 2.07. The van der Waals surface area contributed by atoms with Crippen LogP contribution in [0.2, 0.25) is 0 Å². The van der Waals surface area contributed by atoms with Crippen LogP contribution < -0.4 is 0 Å². The Morgan fingerprint density at radius 2 is 2.30 bits per heavy atom. The average molecular weight is 138 g/mol. The van der Waals surface area contributed by atoms with E-state index in [4.69, 9.17) is 5.11 Å². The van der Waals surface area contributed by atoms with Gasteiger partial charge in [0, 0.05) is 6.42 Å². The first-order valence-corrected chi connectivity index (χ1v) is 3.42. The van der Waals surface area contributed by atoms with E-state index in [9.17, 15) is 0 Å². The zero-order valence-corrected chi connectivity index (χ0v) is 6.59. The molecule has 10 heavy (non-hydrogen) atoms. The molecule has 0 heterocycles. The fraction of sp³-hybridized carbons (Fsp3) is 0.556. The Kier molecular flexibility index (Phi) is 4.70. The lowest BCUT2D eigenvalue weighted by Gasteiger charge is -2.10. The molecular formula is C9H14O. The number of hydrogen-bond acceptors (Lipinski definition) is 1. The first-order chi connectivity index (χ1) is 4.72. The van der Waals surface area contributed by atoms with Crippen molar-refractivity contribution in [3.63, 3.8) is 0 Å². The van der Waals surface area contributed by atoms with Crippen LogP contribution in [0.5, 0.6) is 0 Å². The van der Waals surface area contributed by atoms with Crippen LogP contribution in [-0.4, -0.2) is 11.2 Å². The van der Waals surface area contributed by atoms with E-state index < -0.39 is 6.10 Å². The minimum atomic E-state index is -0.416. The molecule has 0 fully saturated rings. The molecule has 0 radical (unpaired) electrons. The first-order valence-electron chi connectivity index (χ1n) is 3.42. The maximum atomic E-state index is 9.17. The zero-order valence-electron chi connectivity index (χ0n) is 6.59. The largest absolute Gasteiger partial charge is 0.389 e. The molecule has 0 aliphatic heterocycles. The van der Waals surface area contributed by atoms with Gasteiger partial charge < -0.3 is 5.11 Å². The second-order valence-corrected chi connectivity index (χ2v) is 2.33. The molecule has 0 spiro atoms. The molecule has 0 aromatic rings. The SMILES string of the molecule is C=C[C@@H](O)[C@@H](C)CC#CC. The highest BCUT2D eigenvalue weighted by molar-refractivity contribution is 4.98. The van der Waals surface area contributed by atoms with Crippen molar-refractivity contribution in [3.05, 3.63) is 12.7 Å². The van der Waals surface area contributed by atoms with E-state index in [1.807, 2.05) is 6.92 Å². The number of hydrogen-bond donors (Lipinski definition) is 1. The predicted octanol–water partition coefficient (Wildman–Crippen LogP) is 1.58. The predicted molar refractivity (Wildman–Crippen MR) is 43.4 cm³/mol. The van der Waals surface area contributed by atoms with Crippen molar-refractivity contribution >= 4 is 0 Å². The topological polar surface area (TPSA) is 20.2 Å². The van der Waals surface area contributed by atoms with Gasteiger partial charge in [0.15, 0.2) is 0 Å². The summed E-state index contributed by atoms with van der Waals surface area (Å²) in [6, 6.07) is 0. The Bertz CT molecular complexity index is 150. The summed E-state index contributed by atoms with van der Waals surface area (Å²) in [6.07, 6.45) is 1.87. The maximum absolute atomic E-state index is 9.17. The summed E-state index contributed by atoms with van der Waals surface area (Å²) in [5.74, 6) is 5.89. The van der Waals surface area contributed by atoms with Crippen LogP contribution in [0, 0.1) is 17.8 Å². The highest BCUT2D eigenvalue weighted by atomic mass is 16.3. The summed E-state index contributed by atoms with van der Waals surface area (Å²) in [7, 11) is 0. The molecule has 0 aliphatic rings. The van der Waals surface area contributed by atoms with E-state index in [2.05, 4.69) is 18.4 Å². The normalized spacial score (nSPS) is 14.7. The Balaban J connectivity index is 3.67. The molecule has 1 N–H and O–H groups in total. The third-order valence-corrected chi connectivity index (χ3v) is 1.43. The third kappa shape index (κ3) is 3.32.